The average Bonchev–Trinajstić information content (AvgIpc) is 3.09. The standard InChI is InChI=1S/C16H25N3O2S/c1-13-9-14(2)19(18-13)7-4-6-17-10-15(20)11-21-12-16-5-3-8-22-16/h3,5,8-9,15,17,20H,4,6-7,10-12H2,1-2H3/p+1/t15-/m1/s1. The first kappa shape index (κ1) is 17.1. The maximum Gasteiger partial charge on any atom is 0.126 e. The van der Waals surface area contributed by atoms with Crippen molar-refractivity contribution in [3.8, 4) is 0 Å². The first-order valence-electron chi connectivity index (χ1n) is 7.76. The Balaban J connectivity index is 1.50. The van der Waals surface area contributed by atoms with Crippen LogP contribution in [0.3, 0.4) is 0 Å². The average molecular weight is 324 g/mol. The lowest BCUT2D eigenvalue weighted by Crippen LogP contribution is -2.86. The Morgan fingerprint density at radius 1 is 1.45 bits per heavy atom. The molecule has 0 amide bonds. The highest BCUT2D eigenvalue weighted by molar-refractivity contribution is 7.09. The fourth-order valence-corrected chi connectivity index (χ4v) is 3.00. The normalized spacial score (nSPS) is 12.7. The van der Waals surface area contributed by atoms with Crippen LogP contribution in [-0.4, -0.2) is 40.7 Å². The lowest BCUT2D eigenvalue weighted by atomic mass is 10.3. The number of aryl methyl sites for hydroxylation is 3. The predicted molar refractivity (Wildman–Crippen MR) is 88.0 cm³/mol. The number of rotatable bonds is 10. The Morgan fingerprint density at radius 2 is 2.32 bits per heavy atom. The maximum absolute atomic E-state index is 9.87. The molecule has 0 unspecified atom stereocenters. The zero-order chi connectivity index (χ0) is 15.8. The summed E-state index contributed by atoms with van der Waals surface area (Å²) in [4.78, 5) is 1.20. The Hall–Kier alpha value is -1.21. The van der Waals surface area contributed by atoms with Crippen molar-refractivity contribution in [1.82, 2.24) is 9.78 Å². The van der Waals surface area contributed by atoms with Crippen LogP contribution in [0.5, 0.6) is 0 Å². The minimum Gasteiger partial charge on any atom is -0.385 e. The SMILES string of the molecule is Cc1cc(C)n(CCC[NH2+]C[C@@H](O)COCc2cccs2)n1. The maximum atomic E-state index is 9.87. The van der Waals surface area contributed by atoms with Crippen LogP contribution in [0.15, 0.2) is 23.6 Å². The molecule has 5 nitrogen and oxygen atoms in total. The van der Waals surface area contributed by atoms with Crippen molar-refractivity contribution in [3.05, 3.63) is 39.8 Å². The number of hydrogen-bond acceptors (Lipinski definition) is 4. The summed E-state index contributed by atoms with van der Waals surface area (Å²) in [6, 6.07) is 6.15. The molecule has 6 heteroatoms. The second kappa shape index (κ2) is 9.05. The molecule has 0 radical (unpaired) electrons. The molecule has 0 saturated heterocycles. The molecule has 0 spiro atoms. The van der Waals surface area contributed by atoms with Crippen LogP contribution >= 0.6 is 11.3 Å². The van der Waals surface area contributed by atoms with E-state index in [0.717, 1.165) is 25.2 Å². The van der Waals surface area contributed by atoms with Crippen molar-refractivity contribution < 1.29 is 15.2 Å². The van der Waals surface area contributed by atoms with Crippen LogP contribution in [0.4, 0.5) is 0 Å². The summed E-state index contributed by atoms with van der Waals surface area (Å²) in [6.45, 7) is 7.68. The van der Waals surface area contributed by atoms with Gasteiger partial charge in [-0.1, -0.05) is 6.07 Å². The highest BCUT2D eigenvalue weighted by Gasteiger charge is 2.07. The highest BCUT2D eigenvalue weighted by Crippen LogP contribution is 2.09. The second-order valence-electron chi connectivity index (χ2n) is 5.57. The van der Waals surface area contributed by atoms with Crippen LogP contribution in [0, 0.1) is 13.8 Å². The van der Waals surface area contributed by atoms with Crippen LogP contribution in [-0.2, 0) is 17.9 Å². The summed E-state index contributed by atoms with van der Waals surface area (Å²) < 4.78 is 7.56. The zero-order valence-corrected chi connectivity index (χ0v) is 14.2. The summed E-state index contributed by atoms with van der Waals surface area (Å²) in [5.41, 5.74) is 2.28. The van der Waals surface area contributed by atoms with E-state index in [1.54, 1.807) is 11.3 Å². The van der Waals surface area contributed by atoms with E-state index in [0.29, 0.717) is 19.8 Å². The fraction of sp³-hybridized carbons (Fsp3) is 0.562. The van der Waals surface area contributed by atoms with Gasteiger partial charge in [-0.2, -0.15) is 5.10 Å². The number of nitrogens with two attached hydrogens (primary N) is 1. The lowest BCUT2D eigenvalue weighted by molar-refractivity contribution is -0.661. The molecule has 2 aromatic heterocycles. The van der Waals surface area contributed by atoms with E-state index in [4.69, 9.17) is 4.74 Å². The largest absolute Gasteiger partial charge is 0.385 e. The number of aromatic nitrogens is 2. The third-order valence-electron chi connectivity index (χ3n) is 3.45. The molecule has 1 atom stereocenters. The Morgan fingerprint density at radius 3 is 3.00 bits per heavy atom. The van der Waals surface area contributed by atoms with E-state index in [9.17, 15) is 5.11 Å². The smallest absolute Gasteiger partial charge is 0.126 e. The highest BCUT2D eigenvalue weighted by atomic mass is 32.1. The molecule has 3 N–H and O–H groups in total. The topological polar surface area (TPSA) is 63.9 Å². The summed E-state index contributed by atoms with van der Waals surface area (Å²) in [5.74, 6) is 0. The van der Waals surface area contributed by atoms with Crippen molar-refractivity contribution in [2.45, 2.75) is 39.5 Å². The molecule has 0 aromatic carbocycles. The number of aliphatic hydroxyl groups excluding tert-OH is 1. The van der Waals surface area contributed by atoms with Gasteiger partial charge in [-0.05, 0) is 31.4 Å². The van der Waals surface area contributed by atoms with Crippen LogP contribution in [0.2, 0.25) is 0 Å². The van der Waals surface area contributed by atoms with Crippen molar-refractivity contribution in [1.29, 1.82) is 0 Å². The van der Waals surface area contributed by atoms with Gasteiger partial charge in [-0.25, -0.2) is 0 Å². The molecule has 0 fully saturated rings. The van der Waals surface area contributed by atoms with Crippen LogP contribution in [0.25, 0.3) is 0 Å². The van der Waals surface area contributed by atoms with E-state index < -0.39 is 6.10 Å². The molecule has 0 saturated carbocycles. The van der Waals surface area contributed by atoms with E-state index in [1.165, 1.54) is 10.6 Å². The third kappa shape index (κ3) is 5.88. The number of ether oxygens (including phenoxy) is 1. The number of nitrogens with zero attached hydrogens (tertiary/aromatic N) is 2. The molecule has 122 valence electrons. The minimum absolute atomic E-state index is 0.395. The molecule has 0 aliphatic rings. The van der Waals surface area contributed by atoms with Crippen molar-refractivity contribution in [3.63, 3.8) is 0 Å². The van der Waals surface area contributed by atoms with Gasteiger partial charge in [0.2, 0.25) is 0 Å². The summed E-state index contributed by atoms with van der Waals surface area (Å²) in [5, 5.41) is 18.5. The van der Waals surface area contributed by atoms with Gasteiger partial charge in [0, 0.05) is 23.5 Å². The molecule has 0 aliphatic heterocycles. The summed E-state index contributed by atoms with van der Waals surface area (Å²) in [6.07, 6.45) is 0.638. The fourth-order valence-electron chi connectivity index (χ4n) is 2.36. The van der Waals surface area contributed by atoms with Crippen LogP contribution in [0.1, 0.15) is 22.7 Å². The van der Waals surface area contributed by atoms with Gasteiger partial charge < -0.3 is 15.2 Å². The molecule has 0 aliphatic carbocycles. The minimum atomic E-state index is -0.409. The molecular weight excluding hydrogens is 298 g/mol. The van der Waals surface area contributed by atoms with Crippen molar-refractivity contribution >= 4 is 11.3 Å². The first-order chi connectivity index (χ1) is 10.6. The van der Waals surface area contributed by atoms with Crippen molar-refractivity contribution in [2.75, 3.05) is 19.7 Å². The molecule has 22 heavy (non-hydrogen) atoms. The first-order valence-corrected chi connectivity index (χ1v) is 8.64. The molecular formula is C16H26N3O2S+. The van der Waals surface area contributed by atoms with Gasteiger partial charge >= 0.3 is 0 Å². The van der Waals surface area contributed by atoms with Crippen LogP contribution < -0.4 is 5.32 Å². The Kier molecular flexibility index (Phi) is 7.05. The molecule has 0 bridgehead atoms. The number of thiophene rings is 1. The molecule has 2 rings (SSSR count). The lowest BCUT2D eigenvalue weighted by Gasteiger charge is -2.10. The van der Waals surface area contributed by atoms with Gasteiger partial charge in [0.05, 0.1) is 25.5 Å². The quantitative estimate of drug-likeness (QED) is 0.643. The molecule has 2 heterocycles. The van der Waals surface area contributed by atoms with Gasteiger partial charge in [0.25, 0.3) is 0 Å². The van der Waals surface area contributed by atoms with E-state index in [1.807, 2.05) is 29.1 Å². The zero-order valence-electron chi connectivity index (χ0n) is 13.4. The van der Waals surface area contributed by atoms with Gasteiger partial charge in [0.15, 0.2) is 0 Å². The Bertz CT molecular complexity index is 540. The monoisotopic (exact) mass is 324 g/mol. The van der Waals surface area contributed by atoms with Gasteiger partial charge in [-0.15, -0.1) is 11.3 Å². The van der Waals surface area contributed by atoms with E-state index in [2.05, 4.69) is 23.4 Å². The molecule has 2 aromatic rings. The number of hydrogen-bond donors (Lipinski definition) is 2. The van der Waals surface area contributed by atoms with Crippen molar-refractivity contribution in [2.24, 2.45) is 0 Å². The predicted octanol–water partition coefficient (Wildman–Crippen LogP) is 1.09. The number of aliphatic hydroxyl groups is 1. The Labute approximate surface area is 135 Å². The number of quaternary nitrogens is 1. The van der Waals surface area contributed by atoms with Gasteiger partial charge in [0.1, 0.15) is 12.6 Å². The van der Waals surface area contributed by atoms with E-state index in [-0.39, 0.29) is 0 Å². The van der Waals surface area contributed by atoms with Gasteiger partial charge in [-0.3, -0.25) is 4.68 Å². The summed E-state index contributed by atoms with van der Waals surface area (Å²) >= 11 is 1.68. The van der Waals surface area contributed by atoms with E-state index >= 15 is 0 Å². The summed E-state index contributed by atoms with van der Waals surface area (Å²) in [7, 11) is 0. The second-order valence-corrected chi connectivity index (χ2v) is 6.60. The third-order valence-corrected chi connectivity index (χ3v) is 4.30.